The van der Waals surface area contributed by atoms with Crippen molar-refractivity contribution in [3.05, 3.63) is 60.1 Å². The van der Waals surface area contributed by atoms with Crippen LogP contribution in [-0.4, -0.2) is 17.9 Å². The molecule has 2 aromatic rings. The summed E-state index contributed by atoms with van der Waals surface area (Å²) >= 11 is 0. The highest BCUT2D eigenvalue weighted by Gasteiger charge is 2.29. The molecule has 0 bridgehead atoms. The number of rotatable bonds is 5. The highest BCUT2D eigenvalue weighted by molar-refractivity contribution is 5.90. The van der Waals surface area contributed by atoms with E-state index in [-0.39, 0.29) is 17.7 Å². The summed E-state index contributed by atoms with van der Waals surface area (Å²) in [4.78, 5) is 24.7. The second-order valence-electron chi connectivity index (χ2n) is 5.66. The van der Waals surface area contributed by atoms with E-state index in [1.165, 1.54) is 12.3 Å². The van der Waals surface area contributed by atoms with E-state index in [1.807, 2.05) is 18.2 Å². The number of amides is 1. The smallest absolute Gasteiger partial charge is 0.375 e. The van der Waals surface area contributed by atoms with Crippen LogP contribution in [0.25, 0.3) is 0 Å². The molecule has 120 valence electrons. The van der Waals surface area contributed by atoms with Crippen molar-refractivity contribution in [3.63, 3.8) is 0 Å². The van der Waals surface area contributed by atoms with Crippen molar-refractivity contribution in [2.75, 3.05) is 0 Å². The molecule has 1 fully saturated rings. The van der Waals surface area contributed by atoms with Crippen LogP contribution in [0.3, 0.4) is 0 Å². The number of ether oxygens (including phenoxy) is 1. The number of carbonyl (C=O) groups is 2. The molecule has 1 amide bonds. The Hall–Kier alpha value is -2.56. The maximum Gasteiger partial charge on any atom is 0.375 e. The molecule has 0 saturated heterocycles. The van der Waals surface area contributed by atoms with E-state index in [9.17, 15) is 9.59 Å². The molecular weight excluding hydrogens is 294 g/mol. The van der Waals surface area contributed by atoms with E-state index in [0.29, 0.717) is 5.56 Å². The Labute approximate surface area is 134 Å². The Morgan fingerprint density at radius 2 is 1.83 bits per heavy atom. The van der Waals surface area contributed by atoms with Gasteiger partial charge < -0.3 is 14.5 Å². The summed E-state index contributed by atoms with van der Waals surface area (Å²) in [5, 5.41) is 2.98. The molecule has 23 heavy (non-hydrogen) atoms. The van der Waals surface area contributed by atoms with E-state index in [2.05, 4.69) is 5.32 Å². The Balaban J connectivity index is 1.76. The number of furan rings is 1. The minimum atomic E-state index is -0.977. The van der Waals surface area contributed by atoms with Crippen molar-refractivity contribution >= 4 is 11.9 Å². The van der Waals surface area contributed by atoms with Gasteiger partial charge in [0.1, 0.15) is 0 Å². The molecule has 5 heteroatoms. The first-order chi connectivity index (χ1) is 11.2. The number of hydrogen-bond donors (Lipinski definition) is 1. The van der Waals surface area contributed by atoms with Crippen LogP contribution in [0.15, 0.2) is 53.1 Å². The zero-order chi connectivity index (χ0) is 16.1. The summed E-state index contributed by atoms with van der Waals surface area (Å²) in [5.74, 6) is -0.854. The van der Waals surface area contributed by atoms with Crippen LogP contribution in [0.4, 0.5) is 0 Å². The fraction of sp³-hybridized carbons (Fsp3) is 0.333. The number of carbonyl (C=O) groups excluding carboxylic acids is 2. The zero-order valence-corrected chi connectivity index (χ0v) is 12.7. The van der Waals surface area contributed by atoms with Gasteiger partial charge in [0, 0.05) is 11.6 Å². The molecule has 0 spiro atoms. The maximum absolute atomic E-state index is 12.6. The SMILES string of the molecule is O=C(O[C@@H](C(=O)NC1CCCC1)c1ccccc1)c1ccco1. The molecule has 1 aromatic carbocycles. The Kier molecular flexibility index (Phi) is 4.76. The van der Waals surface area contributed by atoms with Crippen LogP contribution < -0.4 is 5.32 Å². The van der Waals surface area contributed by atoms with Crippen LogP contribution in [0.1, 0.15) is 47.9 Å². The van der Waals surface area contributed by atoms with Gasteiger partial charge in [0.25, 0.3) is 5.91 Å². The largest absolute Gasteiger partial charge is 0.457 e. The van der Waals surface area contributed by atoms with Gasteiger partial charge in [-0.05, 0) is 25.0 Å². The molecule has 5 nitrogen and oxygen atoms in total. The lowest BCUT2D eigenvalue weighted by Crippen LogP contribution is -2.38. The summed E-state index contributed by atoms with van der Waals surface area (Å²) < 4.78 is 10.4. The highest BCUT2D eigenvalue weighted by atomic mass is 16.6. The Morgan fingerprint density at radius 3 is 2.48 bits per heavy atom. The lowest BCUT2D eigenvalue weighted by atomic mass is 10.1. The number of benzene rings is 1. The summed E-state index contributed by atoms with van der Waals surface area (Å²) in [7, 11) is 0. The molecule has 1 saturated carbocycles. The Bertz CT molecular complexity index is 645. The average Bonchev–Trinajstić information content (AvgIpc) is 3.26. The molecule has 1 aliphatic carbocycles. The third-order valence-electron chi connectivity index (χ3n) is 3.99. The van der Waals surface area contributed by atoms with E-state index >= 15 is 0 Å². The van der Waals surface area contributed by atoms with Gasteiger partial charge in [-0.2, -0.15) is 0 Å². The molecular formula is C18H19NO4. The molecule has 0 radical (unpaired) electrons. The van der Waals surface area contributed by atoms with Gasteiger partial charge in [0.2, 0.25) is 11.9 Å². The van der Waals surface area contributed by atoms with E-state index < -0.39 is 12.1 Å². The predicted molar refractivity (Wildman–Crippen MR) is 83.7 cm³/mol. The van der Waals surface area contributed by atoms with E-state index in [4.69, 9.17) is 9.15 Å². The van der Waals surface area contributed by atoms with Gasteiger partial charge in [0.15, 0.2) is 0 Å². The fourth-order valence-electron chi connectivity index (χ4n) is 2.81. The van der Waals surface area contributed by atoms with Gasteiger partial charge in [-0.15, -0.1) is 0 Å². The number of hydrogen-bond acceptors (Lipinski definition) is 4. The van der Waals surface area contributed by atoms with Crippen molar-refractivity contribution in [1.82, 2.24) is 5.32 Å². The average molecular weight is 313 g/mol. The molecule has 1 heterocycles. The third kappa shape index (κ3) is 3.80. The van der Waals surface area contributed by atoms with Crippen LogP contribution in [0, 0.1) is 0 Å². The van der Waals surface area contributed by atoms with E-state index in [0.717, 1.165) is 25.7 Å². The minimum absolute atomic E-state index is 0.0830. The monoisotopic (exact) mass is 313 g/mol. The molecule has 1 atom stereocenters. The van der Waals surface area contributed by atoms with Gasteiger partial charge in [-0.1, -0.05) is 43.2 Å². The van der Waals surface area contributed by atoms with Crippen molar-refractivity contribution in [1.29, 1.82) is 0 Å². The van der Waals surface area contributed by atoms with Crippen molar-refractivity contribution < 1.29 is 18.7 Å². The molecule has 3 rings (SSSR count). The lowest BCUT2D eigenvalue weighted by molar-refractivity contribution is -0.131. The summed E-state index contributed by atoms with van der Waals surface area (Å²) in [6, 6.07) is 12.3. The normalized spacial score (nSPS) is 16.0. The van der Waals surface area contributed by atoms with Gasteiger partial charge >= 0.3 is 5.97 Å². The second kappa shape index (κ2) is 7.13. The lowest BCUT2D eigenvalue weighted by Gasteiger charge is -2.20. The third-order valence-corrected chi connectivity index (χ3v) is 3.99. The van der Waals surface area contributed by atoms with E-state index in [1.54, 1.807) is 18.2 Å². The first kappa shape index (κ1) is 15.3. The minimum Gasteiger partial charge on any atom is -0.457 e. The molecule has 1 aliphatic rings. The fourth-order valence-corrected chi connectivity index (χ4v) is 2.81. The molecule has 0 aliphatic heterocycles. The number of esters is 1. The standard InChI is InChI=1S/C18H19NO4/c20-17(19-14-9-4-5-10-14)16(13-7-2-1-3-8-13)23-18(21)15-11-6-12-22-15/h1-3,6-8,11-12,14,16H,4-5,9-10H2,(H,19,20)/t16-/m1/s1. The van der Waals surface area contributed by atoms with Crippen LogP contribution in [0.5, 0.6) is 0 Å². The van der Waals surface area contributed by atoms with Crippen molar-refractivity contribution in [3.8, 4) is 0 Å². The topological polar surface area (TPSA) is 68.5 Å². The van der Waals surface area contributed by atoms with Crippen molar-refractivity contribution in [2.45, 2.75) is 37.8 Å². The summed E-state index contributed by atoms with van der Waals surface area (Å²) in [6.45, 7) is 0. The van der Waals surface area contributed by atoms with Crippen LogP contribution >= 0.6 is 0 Å². The predicted octanol–water partition coefficient (Wildman–Crippen LogP) is 3.24. The highest BCUT2D eigenvalue weighted by Crippen LogP contribution is 2.23. The summed E-state index contributed by atoms with van der Waals surface area (Å²) in [5.41, 5.74) is 0.642. The first-order valence-electron chi connectivity index (χ1n) is 7.84. The van der Waals surface area contributed by atoms with Gasteiger partial charge in [0.05, 0.1) is 6.26 Å². The van der Waals surface area contributed by atoms with Gasteiger partial charge in [-0.25, -0.2) is 4.79 Å². The summed E-state index contributed by atoms with van der Waals surface area (Å²) in [6.07, 6.45) is 4.60. The van der Waals surface area contributed by atoms with Crippen LogP contribution in [0.2, 0.25) is 0 Å². The Morgan fingerprint density at radius 1 is 1.09 bits per heavy atom. The number of nitrogens with one attached hydrogen (secondary N) is 1. The molecule has 0 unspecified atom stereocenters. The first-order valence-corrected chi connectivity index (χ1v) is 7.84. The van der Waals surface area contributed by atoms with Crippen molar-refractivity contribution in [2.24, 2.45) is 0 Å². The maximum atomic E-state index is 12.6. The van der Waals surface area contributed by atoms with Crippen LogP contribution in [-0.2, 0) is 9.53 Å². The van der Waals surface area contributed by atoms with Gasteiger partial charge in [-0.3, -0.25) is 4.79 Å². The zero-order valence-electron chi connectivity index (χ0n) is 12.7. The molecule has 1 N–H and O–H groups in total. The molecule has 1 aromatic heterocycles. The quantitative estimate of drug-likeness (QED) is 0.860. The second-order valence-corrected chi connectivity index (χ2v) is 5.66.